The fourth-order valence-electron chi connectivity index (χ4n) is 1.43. The molecule has 4 heteroatoms. The highest BCUT2D eigenvalue weighted by Gasteiger charge is 2.02. The molecule has 2 N–H and O–H groups in total. The minimum atomic E-state index is -0.467. The number of aryl methyl sites for hydroxylation is 2. The van der Waals surface area contributed by atoms with Gasteiger partial charge in [-0.05, 0) is 37.1 Å². The van der Waals surface area contributed by atoms with E-state index in [9.17, 15) is 9.59 Å². The quantitative estimate of drug-likeness (QED) is 0.646. The number of aromatic nitrogens is 2. The first-order chi connectivity index (χ1) is 6.58. The smallest absolute Gasteiger partial charge is 0.307 e. The van der Waals surface area contributed by atoms with Crippen LogP contribution < -0.4 is 11.2 Å². The van der Waals surface area contributed by atoms with Crippen molar-refractivity contribution in [2.45, 2.75) is 13.8 Å². The van der Waals surface area contributed by atoms with Crippen LogP contribution in [0.5, 0.6) is 0 Å². The van der Waals surface area contributed by atoms with Crippen LogP contribution in [0.15, 0.2) is 21.7 Å². The summed E-state index contributed by atoms with van der Waals surface area (Å²) in [5.41, 5.74) is 1.87. The lowest BCUT2D eigenvalue weighted by molar-refractivity contribution is 1.08. The van der Waals surface area contributed by atoms with E-state index in [1.54, 1.807) is 12.1 Å². The third kappa shape index (κ3) is 1.25. The fourth-order valence-corrected chi connectivity index (χ4v) is 1.43. The molecule has 0 saturated carbocycles. The van der Waals surface area contributed by atoms with Gasteiger partial charge in [0.25, 0.3) is 5.56 Å². The summed E-state index contributed by atoms with van der Waals surface area (Å²) in [6, 6.07) is 3.58. The topological polar surface area (TPSA) is 65.7 Å². The van der Waals surface area contributed by atoms with Crippen molar-refractivity contribution in [3.63, 3.8) is 0 Å². The molecular formula is C10H10N2O2. The van der Waals surface area contributed by atoms with E-state index in [1.807, 2.05) is 13.8 Å². The van der Waals surface area contributed by atoms with Crippen molar-refractivity contribution < 1.29 is 0 Å². The molecule has 4 nitrogen and oxygen atoms in total. The lowest BCUT2D eigenvalue weighted by Gasteiger charge is -2.01. The van der Waals surface area contributed by atoms with E-state index in [4.69, 9.17) is 0 Å². The van der Waals surface area contributed by atoms with E-state index in [2.05, 4.69) is 9.97 Å². The van der Waals surface area contributed by atoms with Gasteiger partial charge in [-0.15, -0.1) is 0 Å². The minimum absolute atomic E-state index is 0.341. The van der Waals surface area contributed by atoms with Crippen molar-refractivity contribution >= 4 is 10.9 Å². The molecule has 0 bridgehead atoms. The number of benzene rings is 1. The Balaban J connectivity index is 3.03. The largest absolute Gasteiger partial charge is 0.326 e. The summed E-state index contributed by atoms with van der Waals surface area (Å²) in [5.74, 6) is 0. The molecule has 2 aromatic rings. The molecule has 0 amide bonds. The molecule has 0 unspecified atom stereocenters. The second-order valence-electron chi connectivity index (χ2n) is 3.39. The molecule has 72 valence electrons. The van der Waals surface area contributed by atoms with Crippen LogP contribution in [0.25, 0.3) is 10.9 Å². The van der Waals surface area contributed by atoms with Gasteiger partial charge in [0.15, 0.2) is 0 Å². The van der Waals surface area contributed by atoms with Gasteiger partial charge in [-0.25, -0.2) is 4.79 Å². The Bertz CT molecular complexity index is 608. The maximum atomic E-state index is 11.4. The molecule has 14 heavy (non-hydrogen) atoms. The van der Waals surface area contributed by atoms with E-state index >= 15 is 0 Å². The molecule has 0 atom stereocenters. The van der Waals surface area contributed by atoms with Gasteiger partial charge in [0.05, 0.1) is 10.9 Å². The van der Waals surface area contributed by atoms with Gasteiger partial charge in [0, 0.05) is 0 Å². The van der Waals surface area contributed by atoms with Crippen molar-refractivity contribution in [2.24, 2.45) is 0 Å². The van der Waals surface area contributed by atoms with Gasteiger partial charge in [0.2, 0.25) is 0 Å². The van der Waals surface area contributed by atoms with Gasteiger partial charge >= 0.3 is 5.69 Å². The lowest BCUT2D eigenvalue weighted by Crippen LogP contribution is -2.21. The predicted molar refractivity (Wildman–Crippen MR) is 54.7 cm³/mol. The second kappa shape index (κ2) is 2.83. The van der Waals surface area contributed by atoms with Crippen molar-refractivity contribution in [2.75, 3.05) is 0 Å². The van der Waals surface area contributed by atoms with Crippen molar-refractivity contribution in [3.05, 3.63) is 44.1 Å². The Labute approximate surface area is 79.6 Å². The first-order valence-corrected chi connectivity index (χ1v) is 4.31. The molecule has 0 fully saturated rings. The van der Waals surface area contributed by atoms with Crippen LogP contribution in [-0.2, 0) is 0 Å². The number of hydrogen-bond acceptors (Lipinski definition) is 2. The molecular weight excluding hydrogens is 180 g/mol. The predicted octanol–water partition coefficient (Wildman–Crippen LogP) is 0.833. The summed E-state index contributed by atoms with van der Waals surface area (Å²) < 4.78 is 0. The Morgan fingerprint density at radius 1 is 1.00 bits per heavy atom. The van der Waals surface area contributed by atoms with E-state index in [0.29, 0.717) is 10.9 Å². The second-order valence-corrected chi connectivity index (χ2v) is 3.39. The third-order valence-electron chi connectivity index (χ3n) is 2.35. The summed E-state index contributed by atoms with van der Waals surface area (Å²) in [7, 11) is 0. The van der Waals surface area contributed by atoms with E-state index in [1.165, 1.54) is 0 Å². The van der Waals surface area contributed by atoms with Crippen LogP contribution in [0.1, 0.15) is 11.1 Å². The van der Waals surface area contributed by atoms with Gasteiger partial charge < -0.3 is 4.98 Å². The zero-order valence-corrected chi connectivity index (χ0v) is 7.97. The zero-order valence-electron chi connectivity index (χ0n) is 7.97. The van der Waals surface area contributed by atoms with Crippen LogP contribution in [0, 0.1) is 13.8 Å². The number of nitrogens with one attached hydrogen (secondary N) is 2. The van der Waals surface area contributed by atoms with Gasteiger partial charge in [-0.2, -0.15) is 0 Å². The standard InChI is InChI=1S/C10H10N2O2/c1-5-3-7-8(4-6(5)2)11-10(14)12-9(7)13/h3-4H,1-2H3,(H2,11,12,13,14). The first-order valence-electron chi connectivity index (χ1n) is 4.31. The Hall–Kier alpha value is -1.84. The normalized spacial score (nSPS) is 10.7. The summed E-state index contributed by atoms with van der Waals surface area (Å²) in [4.78, 5) is 27.2. The molecule has 0 aliphatic heterocycles. The molecule has 2 rings (SSSR count). The highest BCUT2D eigenvalue weighted by atomic mass is 16.2. The maximum absolute atomic E-state index is 11.4. The number of aromatic amines is 2. The highest BCUT2D eigenvalue weighted by molar-refractivity contribution is 5.78. The Morgan fingerprint density at radius 3 is 2.36 bits per heavy atom. The molecule has 1 aromatic heterocycles. The van der Waals surface area contributed by atoms with Crippen LogP contribution in [-0.4, -0.2) is 9.97 Å². The third-order valence-corrected chi connectivity index (χ3v) is 2.35. The average molecular weight is 190 g/mol. The number of H-pyrrole nitrogens is 2. The molecule has 1 aromatic carbocycles. The SMILES string of the molecule is Cc1cc2[nH]c(=O)[nH]c(=O)c2cc1C. The number of hydrogen-bond donors (Lipinski definition) is 2. The Kier molecular flexibility index (Phi) is 1.77. The van der Waals surface area contributed by atoms with Crippen LogP contribution >= 0.6 is 0 Å². The van der Waals surface area contributed by atoms with Crippen molar-refractivity contribution in [3.8, 4) is 0 Å². The summed E-state index contributed by atoms with van der Waals surface area (Å²) in [5, 5.41) is 0.521. The first kappa shape index (κ1) is 8.74. The summed E-state index contributed by atoms with van der Waals surface area (Å²) in [6.07, 6.45) is 0. The van der Waals surface area contributed by atoms with Crippen LogP contribution in [0.4, 0.5) is 0 Å². The van der Waals surface area contributed by atoms with E-state index in [-0.39, 0.29) is 5.56 Å². The number of fused-ring (bicyclic) bond motifs is 1. The molecule has 0 aliphatic carbocycles. The molecule has 0 aliphatic rings. The summed E-state index contributed by atoms with van der Waals surface area (Å²) in [6.45, 7) is 3.87. The number of rotatable bonds is 0. The monoisotopic (exact) mass is 190 g/mol. The van der Waals surface area contributed by atoms with Gasteiger partial charge in [-0.1, -0.05) is 0 Å². The molecule has 0 radical (unpaired) electrons. The van der Waals surface area contributed by atoms with Crippen molar-refractivity contribution in [1.82, 2.24) is 9.97 Å². The molecule has 0 saturated heterocycles. The van der Waals surface area contributed by atoms with E-state index in [0.717, 1.165) is 11.1 Å². The van der Waals surface area contributed by atoms with Crippen molar-refractivity contribution in [1.29, 1.82) is 0 Å². The lowest BCUT2D eigenvalue weighted by atomic mass is 10.1. The maximum Gasteiger partial charge on any atom is 0.326 e. The Morgan fingerprint density at radius 2 is 1.64 bits per heavy atom. The highest BCUT2D eigenvalue weighted by Crippen LogP contribution is 2.12. The van der Waals surface area contributed by atoms with Gasteiger partial charge in [-0.3, -0.25) is 9.78 Å². The van der Waals surface area contributed by atoms with Gasteiger partial charge in [0.1, 0.15) is 0 Å². The summed E-state index contributed by atoms with van der Waals surface area (Å²) >= 11 is 0. The van der Waals surface area contributed by atoms with Crippen LogP contribution in [0.2, 0.25) is 0 Å². The molecule has 0 spiro atoms. The average Bonchev–Trinajstić information content (AvgIpc) is 2.08. The molecule has 1 heterocycles. The fraction of sp³-hybridized carbons (Fsp3) is 0.200. The minimum Gasteiger partial charge on any atom is -0.307 e. The van der Waals surface area contributed by atoms with E-state index < -0.39 is 5.69 Å². The zero-order chi connectivity index (χ0) is 10.3. The van der Waals surface area contributed by atoms with Crippen LogP contribution in [0.3, 0.4) is 0 Å².